The van der Waals surface area contributed by atoms with Gasteiger partial charge in [0.15, 0.2) is 16.8 Å². The second kappa shape index (κ2) is 10.2. The maximum absolute atomic E-state index is 13.5. The number of hydrogen-bond donors (Lipinski definition) is 2. The van der Waals surface area contributed by atoms with Crippen molar-refractivity contribution in [2.24, 2.45) is 0 Å². The molecule has 0 spiro atoms. The lowest BCUT2D eigenvalue weighted by molar-refractivity contribution is -0.139. The zero-order chi connectivity index (χ0) is 26.1. The number of thiazole rings is 1. The lowest BCUT2D eigenvalue weighted by atomic mass is 9.93. The van der Waals surface area contributed by atoms with E-state index in [1.54, 1.807) is 35.7 Å². The highest BCUT2D eigenvalue weighted by Gasteiger charge is 2.29. The highest BCUT2D eigenvalue weighted by atomic mass is 35.5. The number of carbonyl (C=O) groups is 2. The lowest BCUT2D eigenvalue weighted by Gasteiger charge is -2.24. The summed E-state index contributed by atoms with van der Waals surface area (Å²) in [7, 11) is 0. The number of rotatable bonds is 6. The lowest BCUT2D eigenvalue weighted by Crippen LogP contribution is -2.20. The monoisotopic (exact) mass is 542 g/mol. The van der Waals surface area contributed by atoms with E-state index < -0.39 is 29.4 Å². The number of fused-ring (bicyclic) bond motifs is 1. The fourth-order valence-corrected chi connectivity index (χ4v) is 4.74. The number of benzene rings is 3. The first-order valence-electron chi connectivity index (χ1n) is 11.0. The predicted octanol–water partition coefficient (Wildman–Crippen LogP) is 6.74. The van der Waals surface area contributed by atoms with Crippen LogP contribution in [0, 0.1) is 11.6 Å². The molecular formula is C26H17ClF2N2O5S. The predicted molar refractivity (Wildman–Crippen MR) is 134 cm³/mol. The van der Waals surface area contributed by atoms with E-state index in [0.717, 1.165) is 23.5 Å². The molecule has 11 heteroatoms. The summed E-state index contributed by atoms with van der Waals surface area (Å²) in [5, 5.41) is 14.3. The quantitative estimate of drug-likeness (QED) is 0.280. The topological polar surface area (TPSA) is 97.8 Å². The number of ether oxygens (including phenoxy) is 2. The summed E-state index contributed by atoms with van der Waals surface area (Å²) in [6.45, 7) is 0.274. The summed E-state index contributed by atoms with van der Waals surface area (Å²) >= 11 is 7.48. The van der Waals surface area contributed by atoms with Crippen LogP contribution in [0.2, 0.25) is 5.02 Å². The Hall–Kier alpha value is -4.02. The molecule has 2 heterocycles. The summed E-state index contributed by atoms with van der Waals surface area (Å²) in [6.07, 6.45) is 0.357. The first-order valence-corrected chi connectivity index (χ1v) is 12.2. The normalized spacial score (nSPS) is 14.4. The van der Waals surface area contributed by atoms with Crippen LogP contribution in [0.3, 0.4) is 0 Å². The van der Waals surface area contributed by atoms with E-state index in [1.807, 2.05) is 0 Å². The molecule has 1 aliphatic heterocycles. The summed E-state index contributed by atoms with van der Waals surface area (Å²) < 4.78 is 38.1. The second-order valence-corrected chi connectivity index (χ2v) is 9.36. The summed E-state index contributed by atoms with van der Waals surface area (Å²) in [5.74, 6) is -2.89. The Morgan fingerprint density at radius 2 is 1.89 bits per heavy atom. The van der Waals surface area contributed by atoms with Crippen molar-refractivity contribution in [2.75, 3.05) is 11.9 Å². The van der Waals surface area contributed by atoms with Crippen LogP contribution >= 0.6 is 22.9 Å². The first-order chi connectivity index (χ1) is 17.8. The summed E-state index contributed by atoms with van der Waals surface area (Å²) in [4.78, 5) is 28.4. The molecule has 1 aromatic heterocycles. The average molecular weight is 543 g/mol. The molecule has 0 saturated heterocycles. The van der Waals surface area contributed by atoms with E-state index in [-0.39, 0.29) is 17.4 Å². The molecule has 188 valence electrons. The Bertz CT molecular complexity index is 1510. The molecular weight excluding hydrogens is 526 g/mol. The molecule has 3 aromatic carbocycles. The number of halogens is 3. The van der Waals surface area contributed by atoms with Crippen molar-refractivity contribution in [1.29, 1.82) is 0 Å². The van der Waals surface area contributed by atoms with E-state index in [9.17, 15) is 23.5 Å². The van der Waals surface area contributed by atoms with Gasteiger partial charge in [0.2, 0.25) is 0 Å². The number of carbonyl (C=O) groups excluding carboxylic acids is 1. The third kappa shape index (κ3) is 5.25. The van der Waals surface area contributed by atoms with Crippen LogP contribution in [0.15, 0.2) is 60.0 Å². The molecule has 0 fully saturated rings. The van der Waals surface area contributed by atoms with Gasteiger partial charge in [-0.15, -0.1) is 11.3 Å². The molecule has 0 radical (unpaired) electrons. The number of anilines is 1. The van der Waals surface area contributed by atoms with Gasteiger partial charge in [-0.2, -0.15) is 0 Å². The van der Waals surface area contributed by atoms with E-state index in [4.69, 9.17) is 21.1 Å². The highest BCUT2D eigenvalue weighted by Crippen LogP contribution is 2.41. The van der Waals surface area contributed by atoms with E-state index in [0.29, 0.717) is 45.4 Å². The summed E-state index contributed by atoms with van der Waals surface area (Å²) in [6, 6.07) is 12.8. The van der Waals surface area contributed by atoms with Crippen molar-refractivity contribution >= 4 is 39.9 Å². The van der Waals surface area contributed by atoms with Crippen molar-refractivity contribution in [3.8, 4) is 28.5 Å². The minimum atomic E-state index is -0.980. The van der Waals surface area contributed by atoms with Crippen LogP contribution in [-0.4, -0.2) is 28.6 Å². The molecule has 5 rings (SSSR count). The minimum absolute atomic E-state index is 0.234. The van der Waals surface area contributed by atoms with Gasteiger partial charge < -0.3 is 14.6 Å². The molecule has 2 N–H and O–H groups in total. The molecule has 4 aromatic rings. The maximum atomic E-state index is 13.5. The van der Waals surface area contributed by atoms with Crippen molar-refractivity contribution in [3.63, 3.8) is 0 Å². The maximum Gasteiger partial charge on any atom is 0.311 e. The Kier molecular flexibility index (Phi) is 6.77. The molecule has 0 aliphatic carbocycles. The van der Waals surface area contributed by atoms with Gasteiger partial charge in [-0.05, 0) is 55.0 Å². The van der Waals surface area contributed by atoms with Crippen molar-refractivity contribution < 1.29 is 33.0 Å². The Morgan fingerprint density at radius 3 is 2.62 bits per heavy atom. The fraction of sp³-hybridized carbons (Fsp3) is 0.115. The first kappa shape index (κ1) is 24.7. The molecule has 1 atom stereocenters. The molecule has 7 nitrogen and oxygen atoms in total. The Morgan fingerprint density at radius 1 is 1.11 bits per heavy atom. The van der Waals surface area contributed by atoms with Crippen LogP contribution in [0.1, 0.15) is 28.3 Å². The summed E-state index contributed by atoms with van der Waals surface area (Å²) in [5.41, 5.74) is 1.63. The number of hydrogen-bond acceptors (Lipinski definition) is 6. The van der Waals surface area contributed by atoms with Crippen LogP contribution in [0.5, 0.6) is 17.2 Å². The van der Waals surface area contributed by atoms with Gasteiger partial charge in [-0.3, -0.25) is 14.9 Å². The largest absolute Gasteiger partial charge is 0.493 e. The van der Waals surface area contributed by atoms with Crippen molar-refractivity contribution in [2.45, 2.75) is 12.3 Å². The number of nitrogens with one attached hydrogen (secondary N) is 1. The van der Waals surface area contributed by atoms with Crippen molar-refractivity contribution in [3.05, 3.63) is 87.8 Å². The van der Waals surface area contributed by atoms with E-state index in [2.05, 4.69) is 10.3 Å². The van der Waals surface area contributed by atoms with Gasteiger partial charge in [0.05, 0.1) is 23.2 Å². The molecule has 37 heavy (non-hydrogen) atoms. The van der Waals surface area contributed by atoms with Crippen LogP contribution in [0.4, 0.5) is 13.9 Å². The van der Waals surface area contributed by atoms with E-state index in [1.165, 1.54) is 12.1 Å². The molecule has 0 saturated carbocycles. The standard InChI is InChI=1S/C26H17ClF2N2O5S/c27-18-10-17-16(25(33)34)7-8-35-22(17)11-23(18)36-15-4-1-13(2-5-15)24(32)31-26-30-21(12-37-26)14-3-6-19(28)20(29)9-14/h1-6,9-12,16H,7-8H2,(H,33,34)(H,30,31,32). The zero-order valence-electron chi connectivity index (χ0n) is 18.8. The smallest absolute Gasteiger partial charge is 0.311 e. The Labute approximate surface area is 218 Å². The zero-order valence-corrected chi connectivity index (χ0v) is 20.4. The third-order valence-electron chi connectivity index (χ3n) is 5.69. The molecule has 1 aliphatic rings. The number of nitrogens with zero attached hydrogens (tertiary/aromatic N) is 1. The fourth-order valence-electron chi connectivity index (χ4n) is 3.81. The van der Waals surface area contributed by atoms with Gasteiger partial charge in [-0.25, -0.2) is 13.8 Å². The van der Waals surface area contributed by atoms with Crippen LogP contribution in [0.25, 0.3) is 11.3 Å². The molecule has 1 unspecified atom stereocenters. The van der Waals surface area contributed by atoms with E-state index >= 15 is 0 Å². The van der Waals surface area contributed by atoms with Crippen molar-refractivity contribution in [1.82, 2.24) is 4.98 Å². The molecule has 0 bridgehead atoms. The van der Waals surface area contributed by atoms with Gasteiger partial charge in [0, 0.05) is 28.1 Å². The Balaban J connectivity index is 1.26. The SMILES string of the molecule is O=C(Nc1nc(-c2ccc(F)c(F)c2)cs1)c1ccc(Oc2cc3c(cc2Cl)C(C(=O)O)CCO3)cc1. The molecule has 1 amide bonds. The average Bonchev–Trinajstić information content (AvgIpc) is 3.34. The van der Waals surface area contributed by atoms with Gasteiger partial charge in [-0.1, -0.05) is 11.6 Å². The second-order valence-electron chi connectivity index (χ2n) is 8.10. The van der Waals surface area contributed by atoms with Crippen LogP contribution < -0.4 is 14.8 Å². The number of carboxylic acids is 1. The number of aromatic nitrogens is 1. The number of aliphatic carboxylic acids is 1. The number of amides is 1. The number of carboxylic acid groups (broad SMARTS) is 1. The van der Waals surface area contributed by atoms with Gasteiger partial charge in [0.1, 0.15) is 17.2 Å². The van der Waals surface area contributed by atoms with Crippen LogP contribution in [-0.2, 0) is 4.79 Å². The minimum Gasteiger partial charge on any atom is -0.493 e. The van der Waals surface area contributed by atoms with Gasteiger partial charge >= 0.3 is 5.97 Å². The highest BCUT2D eigenvalue weighted by molar-refractivity contribution is 7.14. The van der Waals surface area contributed by atoms with Gasteiger partial charge in [0.25, 0.3) is 5.91 Å². The third-order valence-corrected chi connectivity index (χ3v) is 6.74.